The molecule has 1 fully saturated rings. The Morgan fingerprint density at radius 2 is 1.67 bits per heavy atom. The number of amidine groups is 1. The number of thioether (sulfide) groups is 1. The van der Waals surface area contributed by atoms with Gasteiger partial charge in [-0.25, -0.2) is 4.98 Å². The van der Waals surface area contributed by atoms with Crippen LogP contribution in [-0.2, 0) is 7.05 Å². The van der Waals surface area contributed by atoms with Gasteiger partial charge >= 0.3 is 0 Å². The van der Waals surface area contributed by atoms with Crippen molar-refractivity contribution in [2.75, 3.05) is 35.2 Å². The highest BCUT2D eigenvalue weighted by Crippen LogP contribution is 2.18. The van der Waals surface area contributed by atoms with Crippen molar-refractivity contribution in [2.45, 2.75) is 6.92 Å². The molecule has 170 valence electrons. The number of carbonyl (C=O) groups is 2. The topological polar surface area (TPSA) is 116 Å². The molecule has 0 aliphatic carbocycles. The smallest absolute Gasteiger partial charge is 0.262 e. The van der Waals surface area contributed by atoms with E-state index in [9.17, 15) is 9.59 Å². The first-order valence-corrected chi connectivity index (χ1v) is 11.7. The van der Waals surface area contributed by atoms with Crippen LogP contribution in [0.1, 0.15) is 31.8 Å². The quantitative estimate of drug-likeness (QED) is 0.396. The van der Waals surface area contributed by atoms with Gasteiger partial charge in [-0.05, 0) is 30.7 Å². The lowest BCUT2D eigenvalue weighted by Gasteiger charge is -2.28. The highest BCUT2D eigenvalue weighted by atomic mass is 32.2. The van der Waals surface area contributed by atoms with Gasteiger partial charge in [-0.2, -0.15) is 16.9 Å². The normalized spacial score (nSPS) is 13.5. The highest BCUT2D eigenvalue weighted by molar-refractivity contribution is 7.99. The SMILES string of the molecule is Cc1ccc(NC(=O)c2cnn(C)c2NC(=O)c2ccc(C(=N)N3CCSCC3)cc2)nc1. The van der Waals surface area contributed by atoms with E-state index >= 15 is 0 Å². The fourth-order valence-electron chi connectivity index (χ4n) is 3.41. The van der Waals surface area contributed by atoms with E-state index in [0.717, 1.165) is 35.7 Å². The molecule has 0 atom stereocenters. The van der Waals surface area contributed by atoms with Crippen molar-refractivity contribution in [1.29, 1.82) is 5.41 Å². The van der Waals surface area contributed by atoms with E-state index in [2.05, 4.69) is 25.6 Å². The summed E-state index contributed by atoms with van der Waals surface area (Å²) in [5, 5.41) is 18.0. The molecule has 4 rings (SSSR count). The number of hydrogen-bond acceptors (Lipinski definition) is 6. The van der Waals surface area contributed by atoms with Crippen LogP contribution in [0.3, 0.4) is 0 Å². The van der Waals surface area contributed by atoms with E-state index < -0.39 is 5.91 Å². The number of aryl methyl sites for hydroxylation is 2. The van der Waals surface area contributed by atoms with Crippen molar-refractivity contribution in [1.82, 2.24) is 19.7 Å². The third-order valence-electron chi connectivity index (χ3n) is 5.32. The zero-order valence-corrected chi connectivity index (χ0v) is 19.3. The lowest BCUT2D eigenvalue weighted by Crippen LogP contribution is -2.37. The fraction of sp³-hybridized carbons (Fsp3) is 0.261. The number of amides is 2. The third-order valence-corrected chi connectivity index (χ3v) is 6.26. The maximum atomic E-state index is 12.9. The summed E-state index contributed by atoms with van der Waals surface area (Å²) in [6.07, 6.45) is 3.07. The maximum Gasteiger partial charge on any atom is 0.262 e. The minimum atomic E-state index is -0.418. The van der Waals surface area contributed by atoms with Crippen molar-refractivity contribution in [3.05, 3.63) is 71.0 Å². The standard InChI is InChI=1S/C23H25N7O2S/c1-15-3-8-19(25-13-15)27-23(32)18-14-26-29(2)21(18)28-22(31)17-6-4-16(5-7-17)20(24)30-9-11-33-12-10-30/h3-8,13-14,24H,9-12H2,1-2H3,(H,28,31)(H,25,27,32). The van der Waals surface area contributed by atoms with Crippen LogP contribution in [-0.4, -0.2) is 61.9 Å². The number of anilines is 2. The van der Waals surface area contributed by atoms with Crippen LogP contribution < -0.4 is 10.6 Å². The number of nitrogens with zero attached hydrogens (tertiary/aromatic N) is 4. The molecule has 3 heterocycles. The summed E-state index contributed by atoms with van der Waals surface area (Å²) in [5.74, 6) is 2.42. The molecule has 0 unspecified atom stereocenters. The Morgan fingerprint density at radius 3 is 2.33 bits per heavy atom. The molecular weight excluding hydrogens is 438 g/mol. The van der Waals surface area contributed by atoms with E-state index in [-0.39, 0.29) is 17.3 Å². The van der Waals surface area contributed by atoms with Crippen LogP contribution in [0.25, 0.3) is 0 Å². The first kappa shape index (κ1) is 22.5. The molecule has 1 aliphatic heterocycles. The van der Waals surface area contributed by atoms with Gasteiger partial charge in [0.05, 0.1) is 6.20 Å². The number of aromatic nitrogens is 3. The second kappa shape index (κ2) is 9.86. The van der Waals surface area contributed by atoms with Crippen molar-refractivity contribution < 1.29 is 9.59 Å². The summed E-state index contributed by atoms with van der Waals surface area (Å²) in [6.45, 7) is 3.62. The first-order chi connectivity index (χ1) is 15.9. The van der Waals surface area contributed by atoms with E-state index in [0.29, 0.717) is 17.2 Å². The molecule has 1 aliphatic rings. The summed E-state index contributed by atoms with van der Waals surface area (Å²) in [6, 6.07) is 10.5. The molecule has 3 aromatic rings. The summed E-state index contributed by atoms with van der Waals surface area (Å²) < 4.78 is 1.44. The zero-order valence-electron chi connectivity index (χ0n) is 18.5. The Hall–Kier alpha value is -3.66. The zero-order chi connectivity index (χ0) is 23.4. The summed E-state index contributed by atoms with van der Waals surface area (Å²) in [5.41, 5.74) is 2.41. The molecule has 33 heavy (non-hydrogen) atoms. The summed E-state index contributed by atoms with van der Waals surface area (Å²) in [7, 11) is 1.65. The first-order valence-electron chi connectivity index (χ1n) is 10.5. The van der Waals surface area contributed by atoms with Gasteiger partial charge in [0, 0.05) is 49.0 Å². The number of nitrogens with one attached hydrogen (secondary N) is 3. The Bertz CT molecular complexity index is 1170. The molecule has 0 saturated carbocycles. The highest BCUT2D eigenvalue weighted by Gasteiger charge is 2.20. The number of hydrogen-bond donors (Lipinski definition) is 3. The van der Waals surface area contributed by atoms with Gasteiger partial charge in [0.15, 0.2) is 0 Å². The number of carbonyl (C=O) groups excluding carboxylic acids is 2. The minimum absolute atomic E-state index is 0.231. The van der Waals surface area contributed by atoms with Gasteiger partial charge < -0.3 is 15.5 Å². The van der Waals surface area contributed by atoms with Gasteiger partial charge in [0.2, 0.25) is 0 Å². The third kappa shape index (κ3) is 5.23. The Labute approximate surface area is 196 Å². The molecule has 2 aromatic heterocycles. The monoisotopic (exact) mass is 463 g/mol. The summed E-state index contributed by atoms with van der Waals surface area (Å²) in [4.78, 5) is 31.8. The fourth-order valence-corrected chi connectivity index (χ4v) is 4.31. The Kier molecular flexibility index (Phi) is 6.74. The average molecular weight is 464 g/mol. The molecule has 10 heteroatoms. The Morgan fingerprint density at radius 1 is 0.970 bits per heavy atom. The van der Waals surface area contributed by atoms with Gasteiger partial charge in [-0.1, -0.05) is 18.2 Å². The van der Waals surface area contributed by atoms with Crippen LogP contribution >= 0.6 is 11.8 Å². The maximum absolute atomic E-state index is 12.9. The number of rotatable bonds is 5. The van der Waals surface area contributed by atoms with Crippen LogP contribution in [0.15, 0.2) is 48.8 Å². The lowest BCUT2D eigenvalue weighted by atomic mass is 10.1. The van der Waals surface area contributed by atoms with Crippen LogP contribution in [0.2, 0.25) is 0 Å². The number of benzene rings is 1. The molecule has 9 nitrogen and oxygen atoms in total. The van der Waals surface area contributed by atoms with Gasteiger partial charge in [0.25, 0.3) is 11.8 Å². The predicted octanol–water partition coefficient (Wildman–Crippen LogP) is 3.00. The van der Waals surface area contributed by atoms with Crippen molar-refractivity contribution >= 4 is 41.0 Å². The molecule has 0 spiro atoms. The molecular formula is C23H25N7O2S. The second-order valence-corrected chi connectivity index (χ2v) is 8.91. The van der Waals surface area contributed by atoms with Gasteiger partial charge in [0.1, 0.15) is 23.0 Å². The van der Waals surface area contributed by atoms with Crippen LogP contribution in [0, 0.1) is 12.3 Å². The molecule has 1 aromatic carbocycles. The van der Waals surface area contributed by atoms with E-state index in [1.54, 1.807) is 43.6 Å². The van der Waals surface area contributed by atoms with E-state index in [1.165, 1.54) is 10.9 Å². The van der Waals surface area contributed by atoms with Crippen LogP contribution in [0.4, 0.5) is 11.6 Å². The van der Waals surface area contributed by atoms with Gasteiger partial charge in [-0.15, -0.1) is 0 Å². The molecule has 3 N–H and O–H groups in total. The van der Waals surface area contributed by atoms with Crippen molar-refractivity contribution in [3.63, 3.8) is 0 Å². The molecule has 1 saturated heterocycles. The lowest BCUT2D eigenvalue weighted by molar-refractivity contribution is 0.102. The predicted molar refractivity (Wildman–Crippen MR) is 130 cm³/mol. The molecule has 2 amide bonds. The van der Waals surface area contributed by atoms with Gasteiger partial charge in [-0.3, -0.25) is 19.7 Å². The van der Waals surface area contributed by atoms with Crippen molar-refractivity contribution in [3.8, 4) is 0 Å². The largest absolute Gasteiger partial charge is 0.355 e. The molecule has 0 bridgehead atoms. The van der Waals surface area contributed by atoms with E-state index in [1.807, 2.05) is 24.8 Å². The Balaban J connectivity index is 1.45. The van der Waals surface area contributed by atoms with Crippen molar-refractivity contribution in [2.24, 2.45) is 7.05 Å². The van der Waals surface area contributed by atoms with Crippen LogP contribution in [0.5, 0.6) is 0 Å². The number of pyridine rings is 1. The second-order valence-electron chi connectivity index (χ2n) is 7.68. The average Bonchev–Trinajstić information content (AvgIpc) is 3.20. The molecule has 0 radical (unpaired) electrons. The minimum Gasteiger partial charge on any atom is -0.355 e. The van der Waals surface area contributed by atoms with E-state index in [4.69, 9.17) is 5.41 Å². The summed E-state index contributed by atoms with van der Waals surface area (Å²) >= 11 is 1.89.